The van der Waals surface area contributed by atoms with Crippen molar-refractivity contribution in [2.75, 3.05) is 6.61 Å². The second-order valence-corrected chi connectivity index (χ2v) is 4.96. The molecule has 1 aromatic rings. The van der Waals surface area contributed by atoms with E-state index in [1.54, 1.807) is 6.92 Å². The molecule has 110 valence electrons. The van der Waals surface area contributed by atoms with E-state index in [0.29, 0.717) is 5.56 Å². The van der Waals surface area contributed by atoms with Gasteiger partial charge >= 0.3 is 5.97 Å². The highest BCUT2D eigenvalue weighted by atomic mass is 79.9. The summed E-state index contributed by atoms with van der Waals surface area (Å²) in [5.74, 6) is -0.779. The Morgan fingerprint density at radius 1 is 1.65 bits per heavy atom. The van der Waals surface area contributed by atoms with Crippen LogP contribution in [0.4, 0.5) is 5.69 Å². The molecular formula is C12H15BrN2O5. The van der Waals surface area contributed by atoms with E-state index in [4.69, 9.17) is 10.5 Å². The number of phenols is 1. The van der Waals surface area contributed by atoms with Crippen LogP contribution in [0.2, 0.25) is 0 Å². The number of hydrogen-bond acceptors (Lipinski definition) is 6. The van der Waals surface area contributed by atoms with Crippen molar-refractivity contribution >= 4 is 27.6 Å². The normalized spacial score (nSPS) is 12.0. The second kappa shape index (κ2) is 6.67. The van der Waals surface area contributed by atoms with Crippen molar-refractivity contribution in [3.05, 3.63) is 31.8 Å². The molecule has 0 aromatic heterocycles. The molecule has 0 aliphatic rings. The molecule has 0 saturated carbocycles. The van der Waals surface area contributed by atoms with Crippen LogP contribution < -0.4 is 5.73 Å². The third kappa shape index (κ3) is 3.45. The lowest BCUT2D eigenvalue weighted by Crippen LogP contribution is -2.34. The van der Waals surface area contributed by atoms with Crippen LogP contribution in [0, 0.1) is 17.0 Å². The summed E-state index contributed by atoms with van der Waals surface area (Å²) < 4.78 is 4.98. The molecule has 7 nitrogen and oxygen atoms in total. The van der Waals surface area contributed by atoms with Gasteiger partial charge in [-0.05, 0) is 29.8 Å². The smallest absolute Gasteiger partial charge is 0.323 e. The number of carbonyl (C=O) groups excluding carboxylic acids is 1. The van der Waals surface area contributed by atoms with Gasteiger partial charge < -0.3 is 15.6 Å². The first-order valence-corrected chi connectivity index (χ1v) is 6.66. The van der Waals surface area contributed by atoms with Crippen LogP contribution >= 0.6 is 15.9 Å². The lowest BCUT2D eigenvalue weighted by atomic mass is 10.0. The highest BCUT2D eigenvalue weighted by molar-refractivity contribution is 9.10. The monoisotopic (exact) mass is 346 g/mol. The number of nitrogens with two attached hydrogens (primary N) is 1. The molecule has 1 unspecified atom stereocenters. The summed E-state index contributed by atoms with van der Waals surface area (Å²) in [6.45, 7) is 3.35. The van der Waals surface area contributed by atoms with Crippen molar-refractivity contribution in [2.24, 2.45) is 5.73 Å². The minimum absolute atomic E-state index is 0.0512. The van der Waals surface area contributed by atoms with Crippen molar-refractivity contribution in [3.63, 3.8) is 0 Å². The van der Waals surface area contributed by atoms with Gasteiger partial charge in [-0.15, -0.1) is 0 Å². The predicted molar refractivity (Wildman–Crippen MR) is 75.5 cm³/mol. The summed E-state index contributed by atoms with van der Waals surface area (Å²) in [4.78, 5) is 21.8. The maximum Gasteiger partial charge on any atom is 0.323 e. The van der Waals surface area contributed by atoms with Crippen LogP contribution in [0.15, 0.2) is 10.5 Å². The molecule has 1 rings (SSSR count). The minimum Gasteiger partial charge on any atom is -0.506 e. The minimum atomic E-state index is -0.991. The van der Waals surface area contributed by atoms with Gasteiger partial charge in [0.1, 0.15) is 11.8 Å². The Kier molecular flexibility index (Phi) is 5.46. The van der Waals surface area contributed by atoms with Crippen LogP contribution in [0.1, 0.15) is 18.1 Å². The lowest BCUT2D eigenvalue weighted by molar-refractivity contribution is -0.385. The second-order valence-electron chi connectivity index (χ2n) is 4.16. The molecule has 0 fully saturated rings. The van der Waals surface area contributed by atoms with Crippen molar-refractivity contribution in [3.8, 4) is 5.75 Å². The van der Waals surface area contributed by atoms with Crippen molar-refractivity contribution < 1.29 is 19.6 Å². The van der Waals surface area contributed by atoms with Gasteiger partial charge in [-0.2, -0.15) is 0 Å². The van der Waals surface area contributed by atoms with Gasteiger partial charge in [-0.3, -0.25) is 14.9 Å². The summed E-state index contributed by atoms with van der Waals surface area (Å²) >= 11 is 3.10. The van der Waals surface area contributed by atoms with Gasteiger partial charge in [0, 0.05) is 23.6 Å². The fourth-order valence-corrected chi connectivity index (χ4v) is 2.15. The molecule has 0 heterocycles. The van der Waals surface area contributed by atoms with Gasteiger partial charge in [-0.1, -0.05) is 0 Å². The molecule has 0 spiro atoms. The first-order valence-electron chi connectivity index (χ1n) is 5.87. The summed E-state index contributed by atoms with van der Waals surface area (Å²) in [5.41, 5.74) is 6.02. The van der Waals surface area contributed by atoms with Gasteiger partial charge in [0.15, 0.2) is 0 Å². The molecule has 3 N–H and O–H groups in total. The number of nitro groups is 1. The number of hydrogen-bond donors (Lipinski definition) is 2. The number of phenolic OH excluding ortho intramolecular Hbond substituents is 1. The number of aromatic hydroxyl groups is 1. The Morgan fingerprint density at radius 3 is 2.75 bits per heavy atom. The number of halogens is 1. The summed E-state index contributed by atoms with van der Waals surface area (Å²) in [6, 6.07) is 0.226. The standard InChI is InChI=1S/C12H15BrN2O5/c1-3-20-12(17)8(14)4-7-5-9(15(18)19)6(2)10(13)11(7)16/h5,8,16H,3-4,14H2,1-2H3. The fourth-order valence-electron chi connectivity index (χ4n) is 1.69. The maximum atomic E-state index is 11.5. The highest BCUT2D eigenvalue weighted by Gasteiger charge is 2.23. The Hall–Kier alpha value is -1.67. The van der Waals surface area contributed by atoms with Crippen LogP contribution in [0.25, 0.3) is 0 Å². The van der Waals surface area contributed by atoms with E-state index in [0.717, 1.165) is 0 Å². The van der Waals surface area contributed by atoms with Crippen molar-refractivity contribution in [2.45, 2.75) is 26.3 Å². The molecule has 0 bridgehead atoms. The molecule has 0 amide bonds. The number of rotatable bonds is 5. The molecule has 1 atom stereocenters. The fraction of sp³-hybridized carbons (Fsp3) is 0.417. The Bertz CT molecular complexity index is 547. The number of nitrogens with zero attached hydrogens (tertiary/aromatic N) is 1. The zero-order valence-electron chi connectivity index (χ0n) is 11.1. The highest BCUT2D eigenvalue weighted by Crippen LogP contribution is 2.37. The van der Waals surface area contributed by atoms with E-state index < -0.39 is 16.9 Å². The van der Waals surface area contributed by atoms with E-state index in [-0.39, 0.29) is 34.5 Å². The van der Waals surface area contributed by atoms with Crippen LogP contribution in [0.3, 0.4) is 0 Å². The summed E-state index contributed by atoms with van der Waals surface area (Å²) in [6.07, 6.45) is -0.0512. The van der Waals surface area contributed by atoms with Crippen LogP contribution in [0.5, 0.6) is 5.75 Å². The van der Waals surface area contributed by atoms with Gasteiger partial charge in [0.25, 0.3) is 5.69 Å². The van der Waals surface area contributed by atoms with Gasteiger partial charge in [0.05, 0.1) is 16.0 Å². The van der Waals surface area contributed by atoms with E-state index >= 15 is 0 Å². The molecule has 1 aromatic carbocycles. The topological polar surface area (TPSA) is 116 Å². The van der Waals surface area contributed by atoms with E-state index in [1.165, 1.54) is 13.0 Å². The first kappa shape index (κ1) is 16.4. The zero-order chi connectivity index (χ0) is 15.4. The zero-order valence-corrected chi connectivity index (χ0v) is 12.6. The molecule has 20 heavy (non-hydrogen) atoms. The van der Waals surface area contributed by atoms with E-state index in [2.05, 4.69) is 15.9 Å². The van der Waals surface area contributed by atoms with Crippen molar-refractivity contribution in [1.82, 2.24) is 0 Å². The quantitative estimate of drug-likeness (QED) is 0.477. The number of nitro benzene ring substituents is 1. The molecule has 8 heteroatoms. The third-order valence-electron chi connectivity index (χ3n) is 2.76. The largest absolute Gasteiger partial charge is 0.506 e. The molecular weight excluding hydrogens is 332 g/mol. The third-order valence-corrected chi connectivity index (χ3v) is 3.73. The van der Waals surface area contributed by atoms with Crippen molar-refractivity contribution in [1.29, 1.82) is 0 Å². The SMILES string of the molecule is CCOC(=O)C(N)Cc1cc([N+](=O)[O-])c(C)c(Br)c1O. The lowest BCUT2D eigenvalue weighted by Gasteiger charge is -2.13. The molecule has 0 aliphatic heterocycles. The van der Waals surface area contributed by atoms with Gasteiger partial charge in [-0.25, -0.2) is 0 Å². The average molecular weight is 347 g/mol. The number of esters is 1. The maximum absolute atomic E-state index is 11.5. The number of benzene rings is 1. The van der Waals surface area contributed by atoms with Gasteiger partial charge in [0.2, 0.25) is 0 Å². The predicted octanol–water partition coefficient (Wildman–Crippen LogP) is 1.80. The molecule has 0 radical (unpaired) electrons. The van der Waals surface area contributed by atoms with E-state index in [1.807, 2.05) is 0 Å². The van der Waals surface area contributed by atoms with Crippen LogP contribution in [-0.4, -0.2) is 28.6 Å². The Labute approximate surface area is 124 Å². The Balaban J connectivity index is 3.13. The first-order chi connectivity index (χ1) is 9.29. The average Bonchev–Trinajstić information content (AvgIpc) is 2.39. The molecule has 0 saturated heterocycles. The summed E-state index contributed by atoms with van der Waals surface area (Å²) in [5, 5.41) is 20.9. The summed E-state index contributed by atoms with van der Waals surface area (Å²) in [7, 11) is 0. The Morgan fingerprint density at radius 2 is 2.25 bits per heavy atom. The number of ether oxygens (including phenoxy) is 1. The van der Waals surface area contributed by atoms with E-state index in [9.17, 15) is 20.0 Å². The molecule has 0 aliphatic carbocycles. The van der Waals surface area contributed by atoms with Crippen LogP contribution in [-0.2, 0) is 16.0 Å². The number of carbonyl (C=O) groups is 1.